The van der Waals surface area contributed by atoms with Crippen LogP contribution in [0.15, 0.2) is 83.8 Å². The maximum atomic E-state index is 13.4. The van der Waals surface area contributed by atoms with Crippen LogP contribution in [-0.2, 0) is 4.74 Å². The molecular formula is C28H29NO4S. The van der Waals surface area contributed by atoms with Crippen LogP contribution in [0.5, 0.6) is 11.5 Å². The van der Waals surface area contributed by atoms with E-state index in [-0.39, 0.29) is 17.6 Å². The van der Waals surface area contributed by atoms with Crippen molar-refractivity contribution in [3.05, 3.63) is 90.0 Å². The first kappa shape index (κ1) is 24.2. The summed E-state index contributed by atoms with van der Waals surface area (Å²) in [4.78, 5) is 29.6. The smallest absolute Gasteiger partial charge is 0.179 e. The van der Waals surface area contributed by atoms with Gasteiger partial charge in [-0.1, -0.05) is 30.3 Å². The van der Waals surface area contributed by atoms with Crippen molar-refractivity contribution in [2.75, 3.05) is 32.6 Å². The maximum absolute atomic E-state index is 13.4. The highest BCUT2D eigenvalue weighted by molar-refractivity contribution is 7.98. The predicted octanol–water partition coefficient (Wildman–Crippen LogP) is 5.75. The Morgan fingerprint density at radius 2 is 1.50 bits per heavy atom. The number of Topliss-reactive ketones (excluding diaryl/α,β-unsaturated/α-hetero) is 2. The third-order valence-electron chi connectivity index (χ3n) is 5.96. The van der Waals surface area contributed by atoms with Gasteiger partial charge in [-0.05, 0) is 61.2 Å². The molecule has 1 aliphatic rings. The molecule has 1 heterocycles. The molecule has 176 valence electrons. The fourth-order valence-electron chi connectivity index (χ4n) is 4.06. The number of carbonyl (C=O) groups excluding carboxylic acids is 2. The van der Waals surface area contributed by atoms with Crippen molar-refractivity contribution in [2.45, 2.75) is 23.8 Å². The van der Waals surface area contributed by atoms with Crippen LogP contribution < -0.4 is 4.74 Å². The molecule has 1 unspecified atom stereocenters. The van der Waals surface area contributed by atoms with Gasteiger partial charge < -0.3 is 9.47 Å². The molecule has 0 aromatic heterocycles. The van der Waals surface area contributed by atoms with Gasteiger partial charge in [0.1, 0.15) is 11.5 Å². The highest BCUT2D eigenvalue weighted by atomic mass is 32.2. The molecule has 0 bridgehead atoms. The number of ketones is 2. The standard InChI is InChI=1S/C28H29NO4S/c1-34-25-13-9-22(10-14-25)28(31)26(29-17-19-32-20-18-29)15-16-27(30)21-7-11-24(12-8-21)33-23-5-3-2-4-6-23/h2-14,26H,15-20H2,1H3. The van der Waals surface area contributed by atoms with E-state index in [9.17, 15) is 9.59 Å². The Morgan fingerprint density at radius 3 is 2.15 bits per heavy atom. The normalized spacial score (nSPS) is 15.0. The van der Waals surface area contributed by atoms with Gasteiger partial charge in [0.15, 0.2) is 11.6 Å². The zero-order valence-corrected chi connectivity index (χ0v) is 20.1. The van der Waals surface area contributed by atoms with E-state index in [0.29, 0.717) is 56.0 Å². The largest absolute Gasteiger partial charge is 0.457 e. The summed E-state index contributed by atoms with van der Waals surface area (Å²) in [5.74, 6) is 1.51. The lowest BCUT2D eigenvalue weighted by molar-refractivity contribution is 0.0159. The van der Waals surface area contributed by atoms with Crippen LogP contribution in [0, 0.1) is 0 Å². The summed E-state index contributed by atoms with van der Waals surface area (Å²) >= 11 is 1.65. The Bertz CT molecular complexity index is 1080. The van der Waals surface area contributed by atoms with E-state index in [0.717, 1.165) is 10.6 Å². The van der Waals surface area contributed by atoms with E-state index in [1.807, 2.05) is 60.9 Å². The van der Waals surface area contributed by atoms with Crippen molar-refractivity contribution in [2.24, 2.45) is 0 Å². The molecule has 1 aliphatic heterocycles. The minimum absolute atomic E-state index is 0.0232. The van der Waals surface area contributed by atoms with Gasteiger partial charge in [0.25, 0.3) is 0 Å². The minimum atomic E-state index is -0.339. The quantitative estimate of drug-likeness (QED) is 0.275. The number of hydrogen-bond acceptors (Lipinski definition) is 6. The van der Waals surface area contributed by atoms with E-state index in [1.165, 1.54) is 0 Å². The summed E-state index contributed by atoms with van der Waals surface area (Å²) in [6, 6.07) is 24.1. The molecule has 0 saturated carbocycles. The predicted molar refractivity (Wildman–Crippen MR) is 135 cm³/mol. The summed E-state index contributed by atoms with van der Waals surface area (Å²) in [6.07, 6.45) is 2.79. The van der Waals surface area contributed by atoms with Gasteiger partial charge in [-0.25, -0.2) is 0 Å². The molecule has 1 atom stereocenters. The number of ether oxygens (including phenoxy) is 2. The van der Waals surface area contributed by atoms with E-state index >= 15 is 0 Å². The molecule has 1 saturated heterocycles. The molecule has 4 rings (SSSR count). The highest BCUT2D eigenvalue weighted by Gasteiger charge is 2.29. The molecule has 34 heavy (non-hydrogen) atoms. The number of benzene rings is 3. The average Bonchev–Trinajstić information content (AvgIpc) is 2.90. The number of carbonyl (C=O) groups is 2. The van der Waals surface area contributed by atoms with Gasteiger partial charge in [0, 0.05) is 35.5 Å². The van der Waals surface area contributed by atoms with E-state index < -0.39 is 0 Å². The number of para-hydroxylation sites is 1. The Morgan fingerprint density at radius 1 is 0.882 bits per heavy atom. The van der Waals surface area contributed by atoms with Crippen LogP contribution >= 0.6 is 11.8 Å². The Balaban J connectivity index is 1.41. The lowest BCUT2D eigenvalue weighted by atomic mass is 9.95. The number of morpholine rings is 1. The van der Waals surface area contributed by atoms with E-state index in [1.54, 1.807) is 36.0 Å². The average molecular weight is 476 g/mol. The lowest BCUT2D eigenvalue weighted by Gasteiger charge is -2.33. The second kappa shape index (κ2) is 12.0. The summed E-state index contributed by atoms with van der Waals surface area (Å²) < 4.78 is 11.3. The van der Waals surface area contributed by atoms with Gasteiger partial charge in [-0.2, -0.15) is 0 Å². The number of thioether (sulfide) groups is 1. The number of rotatable bonds is 10. The summed E-state index contributed by atoms with van der Waals surface area (Å²) in [5.41, 5.74) is 1.31. The molecule has 0 spiro atoms. The summed E-state index contributed by atoms with van der Waals surface area (Å²) in [7, 11) is 0. The molecule has 0 radical (unpaired) electrons. The Kier molecular flexibility index (Phi) is 8.52. The van der Waals surface area contributed by atoms with Crippen molar-refractivity contribution >= 4 is 23.3 Å². The second-order valence-electron chi connectivity index (χ2n) is 8.16. The minimum Gasteiger partial charge on any atom is -0.457 e. The molecule has 5 nitrogen and oxygen atoms in total. The molecule has 0 N–H and O–H groups in total. The topological polar surface area (TPSA) is 55.8 Å². The van der Waals surface area contributed by atoms with Gasteiger partial charge in [0.2, 0.25) is 0 Å². The highest BCUT2D eigenvalue weighted by Crippen LogP contribution is 2.23. The van der Waals surface area contributed by atoms with Crippen molar-refractivity contribution < 1.29 is 19.1 Å². The van der Waals surface area contributed by atoms with Crippen molar-refractivity contribution in [1.82, 2.24) is 4.90 Å². The molecule has 0 amide bonds. The van der Waals surface area contributed by atoms with Crippen LogP contribution in [-0.4, -0.2) is 55.1 Å². The molecule has 3 aromatic rings. The van der Waals surface area contributed by atoms with Crippen LogP contribution in [0.1, 0.15) is 33.6 Å². The summed E-state index contributed by atoms with van der Waals surface area (Å²) in [6.45, 7) is 2.59. The maximum Gasteiger partial charge on any atom is 0.179 e. The van der Waals surface area contributed by atoms with Gasteiger partial charge in [0.05, 0.1) is 19.3 Å². The van der Waals surface area contributed by atoms with Crippen LogP contribution in [0.2, 0.25) is 0 Å². The molecule has 6 heteroatoms. The van der Waals surface area contributed by atoms with Crippen LogP contribution in [0.4, 0.5) is 0 Å². The summed E-state index contributed by atoms with van der Waals surface area (Å²) in [5, 5.41) is 0. The molecule has 1 fully saturated rings. The van der Waals surface area contributed by atoms with Crippen molar-refractivity contribution in [1.29, 1.82) is 0 Å². The fraction of sp³-hybridized carbons (Fsp3) is 0.286. The second-order valence-corrected chi connectivity index (χ2v) is 9.04. The third kappa shape index (κ3) is 6.35. The van der Waals surface area contributed by atoms with Gasteiger partial charge >= 0.3 is 0 Å². The SMILES string of the molecule is CSc1ccc(C(=O)C(CCC(=O)c2ccc(Oc3ccccc3)cc2)N2CCOCC2)cc1. The Hall–Kier alpha value is -2.93. The first-order valence-corrected chi connectivity index (χ1v) is 12.7. The van der Waals surface area contributed by atoms with Crippen LogP contribution in [0.25, 0.3) is 0 Å². The first-order chi connectivity index (χ1) is 16.6. The van der Waals surface area contributed by atoms with E-state index in [2.05, 4.69) is 4.90 Å². The van der Waals surface area contributed by atoms with Crippen LogP contribution in [0.3, 0.4) is 0 Å². The molecular weight excluding hydrogens is 446 g/mol. The first-order valence-electron chi connectivity index (χ1n) is 11.5. The molecule has 3 aromatic carbocycles. The van der Waals surface area contributed by atoms with Crippen molar-refractivity contribution in [3.8, 4) is 11.5 Å². The van der Waals surface area contributed by atoms with E-state index in [4.69, 9.17) is 9.47 Å². The third-order valence-corrected chi connectivity index (χ3v) is 6.71. The van der Waals surface area contributed by atoms with Gasteiger partial charge in [-0.15, -0.1) is 11.8 Å². The Labute approximate surface area is 205 Å². The number of hydrogen-bond donors (Lipinski definition) is 0. The monoisotopic (exact) mass is 475 g/mol. The lowest BCUT2D eigenvalue weighted by Crippen LogP contribution is -2.47. The number of nitrogens with zero attached hydrogens (tertiary/aromatic N) is 1. The fourth-order valence-corrected chi connectivity index (χ4v) is 4.47. The van der Waals surface area contributed by atoms with Crippen molar-refractivity contribution in [3.63, 3.8) is 0 Å². The zero-order valence-electron chi connectivity index (χ0n) is 19.3. The van der Waals surface area contributed by atoms with Gasteiger partial charge in [-0.3, -0.25) is 14.5 Å². The molecule has 0 aliphatic carbocycles. The zero-order chi connectivity index (χ0) is 23.8.